The third-order valence-electron chi connectivity index (χ3n) is 3.10. The summed E-state index contributed by atoms with van der Waals surface area (Å²) in [7, 11) is 1.91. The Labute approximate surface area is 118 Å². The molecule has 1 fully saturated rings. The Morgan fingerprint density at radius 1 is 1.17 bits per heavy atom. The lowest BCUT2D eigenvalue weighted by molar-refractivity contribution is 0.708. The van der Waals surface area contributed by atoms with Crippen molar-refractivity contribution in [1.82, 2.24) is 14.8 Å². The smallest absolute Gasteiger partial charge is 0.0602 e. The van der Waals surface area contributed by atoms with E-state index in [1.165, 1.54) is 0 Å². The van der Waals surface area contributed by atoms with Gasteiger partial charge in [-0.3, -0.25) is 9.67 Å². The SMILES string of the molecule is Cl.Cl.Cn1cc(-c2ccc(C3(N)CC3)nc2)cn1. The zero-order valence-electron chi connectivity index (χ0n) is 10.0. The topological polar surface area (TPSA) is 56.7 Å². The van der Waals surface area contributed by atoms with Crippen molar-refractivity contribution in [1.29, 1.82) is 0 Å². The minimum atomic E-state index is -0.145. The van der Waals surface area contributed by atoms with Crippen molar-refractivity contribution in [2.24, 2.45) is 12.8 Å². The Morgan fingerprint density at radius 2 is 1.89 bits per heavy atom. The summed E-state index contributed by atoms with van der Waals surface area (Å²) in [6.45, 7) is 0. The lowest BCUT2D eigenvalue weighted by Gasteiger charge is -2.07. The van der Waals surface area contributed by atoms with Crippen LogP contribution in [0.3, 0.4) is 0 Å². The van der Waals surface area contributed by atoms with Gasteiger partial charge in [-0.05, 0) is 18.9 Å². The fourth-order valence-corrected chi connectivity index (χ4v) is 1.82. The number of pyridine rings is 1. The molecule has 3 rings (SSSR count). The van der Waals surface area contributed by atoms with Crippen molar-refractivity contribution in [3.8, 4) is 11.1 Å². The van der Waals surface area contributed by atoms with Crippen molar-refractivity contribution < 1.29 is 0 Å². The number of nitrogens with zero attached hydrogens (tertiary/aromatic N) is 3. The standard InChI is InChI=1S/C12H14N4.2ClH/c1-16-8-10(7-15-16)9-2-3-11(14-6-9)12(13)4-5-12;;/h2-3,6-8H,4-5,13H2,1H3;2*1H. The number of hydrogen-bond donors (Lipinski definition) is 1. The maximum absolute atomic E-state index is 6.08. The quantitative estimate of drug-likeness (QED) is 0.921. The number of aryl methyl sites for hydroxylation is 1. The van der Waals surface area contributed by atoms with E-state index in [4.69, 9.17) is 5.73 Å². The van der Waals surface area contributed by atoms with Gasteiger partial charge in [0.2, 0.25) is 0 Å². The molecule has 0 aromatic carbocycles. The highest BCUT2D eigenvalue weighted by molar-refractivity contribution is 5.85. The Hall–Kier alpha value is -1.10. The molecule has 0 bridgehead atoms. The molecule has 98 valence electrons. The summed E-state index contributed by atoms with van der Waals surface area (Å²) in [6, 6.07) is 4.08. The second-order valence-corrected chi connectivity index (χ2v) is 4.49. The zero-order chi connectivity index (χ0) is 11.2. The summed E-state index contributed by atoms with van der Waals surface area (Å²) in [4.78, 5) is 4.44. The maximum Gasteiger partial charge on any atom is 0.0602 e. The van der Waals surface area contributed by atoms with Crippen LogP contribution in [0.1, 0.15) is 18.5 Å². The van der Waals surface area contributed by atoms with Crippen LogP contribution in [0.2, 0.25) is 0 Å². The molecule has 4 nitrogen and oxygen atoms in total. The minimum absolute atomic E-state index is 0. The van der Waals surface area contributed by atoms with Crippen LogP contribution in [0.15, 0.2) is 30.7 Å². The molecule has 1 aliphatic carbocycles. The summed E-state index contributed by atoms with van der Waals surface area (Å²) < 4.78 is 1.79. The van der Waals surface area contributed by atoms with Gasteiger partial charge in [0.25, 0.3) is 0 Å². The lowest BCUT2D eigenvalue weighted by atomic mass is 10.1. The largest absolute Gasteiger partial charge is 0.320 e. The Kier molecular flexibility index (Phi) is 4.37. The first kappa shape index (κ1) is 15.0. The van der Waals surface area contributed by atoms with E-state index in [1.807, 2.05) is 31.7 Å². The van der Waals surface area contributed by atoms with Crippen LogP contribution >= 0.6 is 24.8 Å². The molecule has 1 aliphatic rings. The zero-order valence-corrected chi connectivity index (χ0v) is 11.7. The Balaban J connectivity index is 0.000000810. The van der Waals surface area contributed by atoms with Gasteiger partial charge in [0.05, 0.1) is 17.4 Å². The molecule has 6 heteroatoms. The van der Waals surface area contributed by atoms with Crippen LogP contribution in [0.25, 0.3) is 11.1 Å². The van der Waals surface area contributed by atoms with Gasteiger partial charge in [0.15, 0.2) is 0 Å². The summed E-state index contributed by atoms with van der Waals surface area (Å²) in [5.41, 5.74) is 9.11. The minimum Gasteiger partial charge on any atom is -0.320 e. The first-order valence-electron chi connectivity index (χ1n) is 5.42. The predicted octanol–water partition coefficient (Wildman–Crippen LogP) is 2.27. The molecule has 0 radical (unpaired) electrons. The Bertz CT molecular complexity index is 517. The van der Waals surface area contributed by atoms with E-state index in [9.17, 15) is 0 Å². The van der Waals surface area contributed by atoms with E-state index < -0.39 is 0 Å². The molecule has 0 unspecified atom stereocenters. The second kappa shape index (κ2) is 5.26. The Morgan fingerprint density at radius 3 is 2.33 bits per heavy atom. The molecular weight excluding hydrogens is 271 g/mol. The number of nitrogens with two attached hydrogens (primary N) is 1. The first-order chi connectivity index (χ1) is 7.67. The molecule has 2 N–H and O–H groups in total. The molecule has 0 spiro atoms. The van der Waals surface area contributed by atoms with Gasteiger partial charge in [0, 0.05) is 30.6 Å². The third kappa shape index (κ3) is 2.66. The van der Waals surface area contributed by atoms with Crippen LogP contribution in [0.4, 0.5) is 0 Å². The van der Waals surface area contributed by atoms with Gasteiger partial charge >= 0.3 is 0 Å². The van der Waals surface area contributed by atoms with Crippen molar-refractivity contribution in [3.05, 3.63) is 36.4 Å². The first-order valence-corrected chi connectivity index (χ1v) is 5.42. The van der Waals surface area contributed by atoms with Gasteiger partial charge in [-0.1, -0.05) is 6.07 Å². The second-order valence-electron chi connectivity index (χ2n) is 4.49. The van der Waals surface area contributed by atoms with E-state index in [1.54, 1.807) is 4.68 Å². The van der Waals surface area contributed by atoms with Gasteiger partial charge in [0.1, 0.15) is 0 Å². The number of halogens is 2. The average Bonchev–Trinajstić information content (AvgIpc) is 2.89. The van der Waals surface area contributed by atoms with Crippen LogP contribution in [-0.4, -0.2) is 14.8 Å². The van der Waals surface area contributed by atoms with E-state index in [2.05, 4.69) is 16.1 Å². The number of rotatable bonds is 2. The molecule has 0 atom stereocenters. The number of aromatic nitrogens is 3. The van der Waals surface area contributed by atoms with E-state index in [0.29, 0.717) is 0 Å². The fourth-order valence-electron chi connectivity index (χ4n) is 1.82. The van der Waals surface area contributed by atoms with Crippen LogP contribution < -0.4 is 5.73 Å². The van der Waals surface area contributed by atoms with Gasteiger partial charge in [-0.15, -0.1) is 24.8 Å². The van der Waals surface area contributed by atoms with Crippen molar-refractivity contribution in [2.45, 2.75) is 18.4 Å². The predicted molar refractivity (Wildman–Crippen MR) is 76.0 cm³/mol. The number of hydrogen-bond acceptors (Lipinski definition) is 3. The molecular formula is C12H16Cl2N4. The summed E-state index contributed by atoms with van der Waals surface area (Å²) in [6.07, 6.45) is 7.79. The molecule has 2 aromatic rings. The highest BCUT2D eigenvalue weighted by atomic mass is 35.5. The normalized spacial score (nSPS) is 15.4. The highest BCUT2D eigenvalue weighted by Crippen LogP contribution is 2.41. The molecule has 0 aliphatic heterocycles. The third-order valence-corrected chi connectivity index (χ3v) is 3.10. The summed E-state index contributed by atoms with van der Waals surface area (Å²) in [5, 5.41) is 4.14. The van der Waals surface area contributed by atoms with Crippen molar-refractivity contribution >= 4 is 24.8 Å². The summed E-state index contributed by atoms with van der Waals surface area (Å²) in [5.74, 6) is 0. The van der Waals surface area contributed by atoms with Crippen LogP contribution in [0.5, 0.6) is 0 Å². The van der Waals surface area contributed by atoms with Crippen molar-refractivity contribution in [2.75, 3.05) is 0 Å². The van der Waals surface area contributed by atoms with Crippen molar-refractivity contribution in [3.63, 3.8) is 0 Å². The molecule has 2 aromatic heterocycles. The highest BCUT2D eigenvalue weighted by Gasteiger charge is 2.41. The van der Waals surface area contributed by atoms with Crippen LogP contribution in [0, 0.1) is 0 Å². The van der Waals surface area contributed by atoms with E-state index >= 15 is 0 Å². The summed E-state index contributed by atoms with van der Waals surface area (Å²) >= 11 is 0. The molecule has 18 heavy (non-hydrogen) atoms. The van der Waals surface area contributed by atoms with Gasteiger partial charge < -0.3 is 5.73 Å². The maximum atomic E-state index is 6.08. The molecule has 1 saturated carbocycles. The van der Waals surface area contributed by atoms with E-state index in [-0.39, 0.29) is 30.4 Å². The fraction of sp³-hybridized carbons (Fsp3) is 0.333. The average molecular weight is 287 g/mol. The van der Waals surface area contributed by atoms with Gasteiger partial charge in [-0.25, -0.2) is 0 Å². The molecule has 0 amide bonds. The van der Waals surface area contributed by atoms with E-state index in [0.717, 1.165) is 29.7 Å². The monoisotopic (exact) mass is 286 g/mol. The van der Waals surface area contributed by atoms with Crippen LogP contribution in [-0.2, 0) is 12.6 Å². The molecule has 0 saturated heterocycles. The molecule has 2 heterocycles. The van der Waals surface area contributed by atoms with Gasteiger partial charge in [-0.2, -0.15) is 5.10 Å². The lowest BCUT2D eigenvalue weighted by Crippen LogP contribution is -2.19.